The number of urea groups is 1. The third kappa shape index (κ3) is 4.31. The highest BCUT2D eigenvalue weighted by atomic mass is 16.5. The van der Waals surface area contributed by atoms with Crippen LogP contribution in [0.2, 0.25) is 0 Å². The topological polar surface area (TPSA) is 62.4 Å². The summed E-state index contributed by atoms with van der Waals surface area (Å²) in [6, 6.07) is 15.2. The lowest BCUT2D eigenvalue weighted by Gasteiger charge is -2.24. The van der Waals surface area contributed by atoms with Gasteiger partial charge in [-0.1, -0.05) is 24.3 Å². The van der Waals surface area contributed by atoms with E-state index < -0.39 is 0 Å². The Kier molecular flexibility index (Phi) is 4.90. The van der Waals surface area contributed by atoms with E-state index in [1.165, 1.54) is 0 Å². The summed E-state index contributed by atoms with van der Waals surface area (Å²) >= 11 is 0. The van der Waals surface area contributed by atoms with E-state index in [0.29, 0.717) is 0 Å². The summed E-state index contributed by atoms with van der Waals surface area (Å²) in [7, 11) is 0. The van der Waals surface area contributed by atoms with Gasteiger partial charge >= 0.3 is 6.03 Å². The maximum atomic E-state index is 12.0. The molecule has 0 saturated carbocycles. The van der Waals surface area contributed by atoms with Crippen molar-refractivity contribution in [2.75, 3.05) is 30.3 Å². The van der Waals surface area contributed by atoms with Gasteiger partial charge in [-0.05, 0) is 42.3 Å². The van der Waals surface area contributed by atoms with Crippen molar-refractivity contribution >= 4 is 17.4 Å². The average molecular weight is 311 g/mol. The summed E-state index contributed by atoms with van der Waals surface area (Å²) < 4.78 is 5.71. The Hall–Kier alpha value is -2.37. The monoisotopic (exact) mass is 311 g/mol. The van der Waals surface area contributed by atoms with Crippen molar-refractivity contribution in [3.8, 4) is 0 Å². The Morgan fingerprint density at radius 1 is 1.13 bits per heavy atom. The zero-order valence-corrected chi connectivity index (χ0v) is 13.1. The van der Waals surface area contributed by atoms with Crippen molar-refractivity contribution in [1.82, 2.24) is 5.32 Å². The first-order valence-electron chi connectivity index (χ1n) is 7.78. The molecule has 0 bridgehead atoms. The fourth-order valence-electron chi connectivity index (χ4n) is 2.58. The first-order chi connectivity index (χ1) is 11.2. The Morgan fingerprint density at radius 2 is 1.91 bits per heavy atom. The first-order valence-corrected chi connectivity index (χ1v) is 7.78. The quantitative estimate of drug-likeness (QED) is 0.815. The summed E-state index contributed by atoms with van der Waals surface area (Å²) in [4.78, 5) is 12.0. The van der Waals surface area contributed by atoms with Crippen LogP contribution in [0.1, 0.15) is 17.2 Å². The summed E-state index contributed by atoms with van der Waals surface area (Å²) in [5.74, 6) is 0. The molecule has 0 radical (unpaired) electrons. The summed E-state index contributed by atoms with van der Waals surface area (Å²) in [5.41, 5.74) is 3.75. The molecule has 0 aromatic heterocycles. The minimum absolute atomic E-state index is 0.0823. The largest absolute Gasteiger partial charge is 0.371 e. The van der Waals surface area contributed by atoms with Crippen LogP contribution in [0.25, 0.3) is 0 Å². The van der Waals surface area contributed by atoms with E-state index in [9.17, 15) is 4.79 Å². The van der Waals surface area contributed by atoms with Crippen LogP contribution in [0, 0.1) is 6.92 Å². The molecule has 0 spiro atoms. The van der Waals surface area contributed by atoms with Crippen LogP contribution >= 0.6 is 0 Å². The van der Waals surface area contributed by atoms with Gasteiger partial charge in [-0.2, -0.15) is 0 Å². The lowest BCUT2D eigenvalue weighted by molar-refractivity contribution is 0.0277. The van der Waals surface area contributed by atoms with E-state index in [4.69, 9.17) is 4.74 Å². The van der Waals surface area contributed by atoms with Gasteiger partial charge in [0.15, 0.2) is 0 Å². The minimum Gasteiger partial charge on any atom is -0.371 e. The zero-order chi connectivity index (χ0) is 16.1. The van der Waals surface area contributed by atoms with Gasteiger partial charge in [-0.15, -0.1) is 0 Å². The normalized spacial score (nSPS) is 17.5. The molecule has 0 aliphatic carbocycles. The molecule has 2 aromatic rings. The number of hydrogen-bond acceptors (Lipinski definition) is 3. The fraction of sp³-hybridized carbons (Fsp3) is 0.278. The lowest BCUT2D eigenvalue weighted by Crippen LogP contribution is -2.33. The van der Waals surface area contributed by atoms with Gasteiger partial charge in [0.2, 0.25) is 0 Å². The van der Waals surface area contributed by atoms with Crippen molar-refractivity contribution < 1.29 is 9.53 Å². The third-order valence-electron chi connectivity index (χ3n) is 3.74. The number of benzene rings is 2. The number of amides is 2. The molecule has 1 unspecified atom stereocenters. The molecule has 1 saturated heterocycles. The van der Waals surface area contributed by atoms with Crippen molar-refractivity contribution in [3.63, 3.8) is 0 Å². The molecule has 5 nitrogen and oxygen atoms in total. The number of ether oxygens (including phenoxy) is 1. The molecule has 1 atom stereocenters. The molecule has 1 fully saturated rings. The number of aryl methyl sites for hydroxylation is 1. The van der Waals surface area contributed by atoms with Gasteiger partial charge in [0.25, 0.3) is 0 Å². The van der Waals surface area contributed by atoms with Gasteiger partial charge < -0.3 is 20.7 Å². The van der Waals surface area contributed by atoms with Crippen LogP contribution in [-0.4, -0.2) is 25.7 Å². The molecule has 2 aromatic carbocycles. The highest BCUT2D eigenvalue weighted by Crippen LogP contribution is 2.21. The number of carbonyl (C=O) groups is 1. The summed E-state index contributed by atoms with van der Waals surface area (Å²) in [5, 5.41) is 8.97. The number of rotatable bonds is 3. The molecule has 23 heavy (non-hydrogen) atoms. The predicted molar refractivity (Wildman–Crippen MR) is 91.8 cm³/mol. The number of anilines is 2. The summed E-state index contributed by atoms with van der Waals surface area (Å²) in [6.45, 7) is 4.43. The van der Waals surface area contributed by atoms with Gasteiger partial charge in [0.1, 0.15) is 0 Å². The van der Waals surface area contributed by atoms with E-state index in [2.05, 4.69) is 16.0 Å². The Balaban J connectivity index is 1.58. The summed E-state index contributed by atoms with van der Waals surface area (Å²) in [6.07, 6.45) is 0.0823. The number of morpholine rings is 1. The van der Waals surface area contributed by atoms with Crippen molar-refractivity contribution in [3.05, 3.63) is 59.7 Å². The predicted octanol–water partition coefficient (Wildman–Crippen LogP) is 3.30. The van der Waals surface area contributed by atoms with Crippen LogP contribution in [0.5, 0.6) is 0 Å². The van der Waals surface area contributed by atoms with Gasteiger partial charge in [0, 0.05) is 24.5 Å². The number of hydrogen-bond donors (Lipinski definition) is 3. The fourth-order valence-corrected chi connectivity index (χ4v) is 2.58. The maximum absolute atomic E-state index is 12.0. The standard InChI is InChI=1S/C18H21N3O2/c1-13-3-2-4-16(11-13)21-18(22)20-15-7-5-14(6-8-15)17-12-19-9-10-23-17/h2-8,11,17,19H,9-10,12H2,1H3,(H2,20,21,22). The molecule has 5 heteroatoms. The van der Waals surface area contributed by atoms with Crippen LogP contribution in [0.3, 0.4) is 0 Å². The van der Waals surface area contributed by atoms with Crippen molar-refractivity contribution in [2.45, 2.75) is 13.0 Å². The SMILES string of the molecule is Cc1cccc(NC(=O)Nc2ccc(C3CNCCO3)cc2)c1. The van der Waals surface area contributed by atoms with Crippen LogP contribution in [0.15, 0.2) is 48.5 Å². The van der Waals surface area contributed by atoms with Crippen LogP contribution in [0.4, 0.5) is 16.2 Å². The maximum Gasteiger partial charge on any atom is 0.323 e. The van der Waals surface area contributed by atoms with Gasteiger partial charge in [0.05, 0.1) is 12.7 Å². The van der Waals surface area contributed by atoms with Crippen LogP contribution < -0.4 is 16.0 Å². The molecule has 1 aliphatic rings. The van der Waals surface area contributed by atoms with E-state index in [1.54, 1.807) is 0 Å². The first kappa shape index (κ1) is 15.5. The minimum atomic E-state index is -0.251. The van der Waals surface area contributed by atoms with E-state index in [0.717, 1.165) is 42.2 Å². The molecular weight excluding hydrogens is 290 g/mol. The van der Waals surface area contributed by atoms with Gasteiger partial charge in [-0.25, -0.2) is 4.79 Å². The Labute approximate surface area is 136 Å². The number of carbonyl (C=O) groups excluding carboxylic acids is 1. The second-order valence-corrected chi connectivity index (χ2v) is 5.63. The molecular formula is C18H21N3O2. The Morgan fingerprint density at radius 3 is 2.61 bits per heavy atom. The molecule has 1 aliphatic heterocycles. The zero-order valence-electron chi connectivity index (χ0n) is 13.1. The second kappa shape index (κ2) is 7.26. The highest BCUT2D eigenvalue weighted by Gasteiger charge is 2.15. The van der Waals surface area contributed by atoms with Crippen LogP contribution in [-0.2, 0) is 4.74 Å². The molecule has 1 heterocycles. The van der Waals surface area contributed by atoms with E-state index >= 15 is 0 Å². The highest BCUT2D eigenvalue weighted by molar-refractivity contribution is 5.99. The van der Waals surface area contributed by atoms with E-state index in [-0.39, 0.29) is 12.1 Å². The lowest BCUT2D eigenvalue weighted by atomic mass is 10.1. The molecule has 120 valence electrons. The van der Waals surface area contributed by atoms with Crippen molar-refractivity contribution in [1.29, 1.82) is 0 Å². The molecule has 3 N–H and O–H groups in total. The average Bonchev–Trinajstić information content (AvgIpc) is 2.56. The second-order valence-electron chi connectivity index (χ2n) is 5.63. The molecule has 2 amide bonds. The van der Waals surface area contributed by atoms with Gasteiger partial charge in [-0.3, -0.25) is 0 Å². The molecule has 3 rings (SSSR count). The third-order valence-corrected chi connectivity index (χ3v) is 3.74. The van der Waals surface area contributed by atoms with E-state index in [1.807, 2.05) is 55.5 Å². The van der Waals surface area contributed by atoms with Crippen molar-refractivity contribution in [2.24, 2.45) is 0 Å². The smallest absolute Gasteiger partial charge is 0.323 e. The number of nitrogens with one attached hydrogen (secondary N) is 3. The Bertz CT molecular complexity index is 664.